The SMILES string of the molecule is COCCOC1=CC[CH]C=C1. The van der Waals surface area contributed by atoms with Gasteiger partial charge in [-0.3, -0.25) is 0 Å². The fourth-order valence-corrected chi connectivity index (χ4v) is 0.844. The molecular formula is C9H13O2. The van der Waals surface area contributed by atoms with Gasteiger partial charge in [0.2, 0.25) is 0 Å². The van der Waals surface area contributed by atoms with Crippen LogP contribution in [0.3, 0.4) is 0 Å². The van der Waals surface area contributed by atoms with Crippen LogP contribution in [0.2, 0.25) is 0 Å². The van der Waals surface area contributed by atoms with Gasteiger partial charge in [0, 0.05) is 7.11 Å². The van der Waals surface area contributed by atoms with E-state index in [4.69, 9.17) is 9.47 Å². The molecule has 0 fully saturated rings. The van der Waals surface area contributed by atoms with Crippen molar-refractivity contribution >= 4 is 0 Å². The number of methoxy groups -OCH3 is 1. The Morgan fingerprint density at radius 2 is 2.36 bits per heavy atom. The highest BCUT2D eigenvalue weighted by Gasteiger charge is 1.96. The molecule has 61 valence electrons. The Labute approximate surface area is 67.5 Å². The number of ether oxygens (including phenoxy) is 2. The zero-order valence-electron chi connectivity index (χ0n) is 6.75. The molecule has 11 heavy (non-hydrogen) atoms. The average Bonchev–Trinajstić information content (AvgIpc) is 2.07. The van der Waals surface area contributed by atoms with E-state index in [1.807, 2.05) is 12.2 Å². The molecule has 2 nitrogen and oxygen atoms in total. The van der Waals surface area contributed by atoms with E-state index in [0.717, 1.165) is 12.2 Å². The third-order valence-electron chi connectivity index (χ3n) is 1.41. The van der Waals surface area contributed by atoms with Crippen LogP contribution in [0.5, 0.6) is 0 Å². The van der Waals surface area contributed by atoms with E-state index in [0.29, 0.717) is 13.2 Å². The van der Waals surface area contributed by atoms with Gasteiger partial charge in [-0.1, -0.05) is 6.08 Å². The highest BCUT2D eigenvalue weighted by molar-refractivity contribution is 5.21. The molecule has 0 saturated heterocycles. The predicted octanol–water partition coefficient (Wildman–Crippen LogP) is 1.70. The zero-order chi connectivity index (χ0) is 7.94. The van der Waals surface area contributed by atoms with Crippen LogP contribution in [0.4, 0.5) is 0 Å². The monoisotopic (exact) mass is 153 g/mol. The summed E-state index contributed by atoms with van der Waals surface area (Å²) in [7, 11) is 1.67. The Morgan fingerprint density at radius 1 is 1.45 bits per heavy atom. The molecule has 0 heterocycles. The van der Waals surface area contributed by atoms with Crippen molar-refractivity contribution in [3.8, 4) is 0 Å². The van der Waals surface area contributed by atoms with Gasteiger partial charge in [0.25, 0.3) is 0 Å². The van der Waals surface area contributed by atoms with Crippen molar-refractivity contribution in [3.63, 3.8) is 0 Å². The maximum absolute atomic E-state index is 5.35. The molecule has 1 rings (SSSR count). The van der Waals surface area contributed by atoms with Crippen LogP contribution in [0.1, 0.15) is 6.42 Å². The highest BCUT2D eigenvalue weighted by atomic mass is 16.5. The lowest BCUT2D eigenvalue weighted by molar-refractivity contribution is 0.114. The van der Waals surface area contributed by atoms with Gasteiger partial charge in [-0.15, -0.1) is 0 Å². The molecule has 1 radical (unpaired) electrons. The van der Waals surface area contributed by atoms with Gasteiger partial charge >= 0.3 is 0 Å². The largest absolute Gasteiger partial charge is 0.492 e. The maximum atomic E-state index is 5.35. The molecule has 0 aromatic rings. The first-order chi connectivity index (χ1) is 5.43. The molecule has 0 amide bonds. The van der Waals surface area contributed by atoms with E-state index in [1.54, 1.807) is 7.11 Å². The smallest absolute Gasteiger partial charge is 0.115 e. The van der Waals surface area contributed by atoms with Crippen LogP contribution in [-0.4, -0.2) is 20.3 Å². The first kappa shape index (κ1) is 8.34. The van der Waals surface area contributed by atoms with E-state index in [9.17, 15) is 0 Å². The van der Waals surface area contributed by atoms with E-state index in [-0.39, 0.29) is 0 Å². The van der Waals surface area contributed by atoms with Crippen molar-refractivity contribution < 1.29 is 9.47 Å². The summed E-state index contributed by atoms with van der Waals surface area (Å²) in [6, 6.07) is 0. The molecule has 0 saturated carbocycles. The second kappa shape index (κ2) is 4.97. The summed E-state index contributed by atoms with van der Waals surface area (Å²) in [5.74, 6) is 0.949. The minimum atomic E-state index is 0.632. The quantitative estimate of drug-likeness (QED) is 0.572. The van der Waals surface area contributed by atoms with Crippen LogP contribution in [0.25, 0.3) is 0 Å². The van der Waals surface area contributed by atoms with Gasteiger partial charge in [0.15, 0.2) is 0 Å². The molecule has 1 aliphatic carbocycles. The van der Waals surface area contributed by atoms with Crippen LogP contribution in [0, 0.1) is 6.42 Å². The molecular weight excluding hydrogens is 140 g/mol. The molecule has 1 aliphatic rings. The Bertz CT molecular complexity index is 159. The molecule has 0 spiro atoms. The van der Waals surface area contributed by atoms with E-state index >= 15 is 0 Å². The van der Waals surface area contributed by atoms with Gasteiger partial charge in [-0.2, -0.15) is 0 Å². The summed E-state index contributed by atoms with van der Waals surface area (Å²) in [6.07, 6.45) is 9.07. The molecule has 0 aromatic heterocycles. The highest BCUT2D eigenvalue weighted by Crippen LogP contribution is 2.09. The molecule has 0 aromatic carbocycles. The normalized spacial score (nSPS) is 16.3. The lowest BCUT2D eigenvalue weighted by Crippen LogP contribution is -2.01. The molecule has 0 aliphatic heterocycles. The number of hydrogen-bond acceptors (Lipinski definition) is 2. The van der Waals surface area contributed by atoms with Crippen LogP contribution in [0.15, 0.2) is 24.0 Å². The Morgan fingerprint density at radius 3 is 3.00 bits per heavy atom. The summed E-state index contributed by atoms with van der Waals surface area (Å²) < 4.78 is 10.2. The Balaban J connectivity index is 2.15. The van der Waals surface area contributed by atoms with Gasteiger partial charge in [0.1, 0.15) is 12.4 Å². The summed E-state index contributed by atoms with van der Waals surface area (Å²) in [4.78, 5) is 0. The molecule has 0 N–H and O–H groups in total. The first-order valence-electron chi connectivity index (χ1n) is 3.75. The minimum absolute atomic E-state index is 0.632. The average molecular weight is 153 g/mol. The standard InChI is InChI=1S/C9H13O2/c1-10-7-8-11-9-5-3-2-4-6-9/h2-3,5-6H,4,7-8H2,1H3. The van der Waals surface area contributed by atoms with Gasteiger partial charge in [-0.25, -0.2) is 0 Å². The van der Waals surface area contributed by atoms with E-state index < -0.39 is 0 Å². The topological polar surface area (TPSA) is 18.5 Å². The summed E-state index contributed by atoms with van der Waals surface area (Å²) in [6.45, 7) is 1.28. The Kier molecular flexibility index (Phi) is 3.76. The van der Waals surface area contributed by atoms with Gasteiger partial charge in [0.05, 0.1) is 6.61 Å². The summed E-state index contributed by atoms with van der Waals surface area (Å²) in [5, 5.41) is 0. The number of rotatable bonds is 4. The molecule has 0 unspecified atom stereocenters. The van der Waals surface area contributed by atoms with Gasteiger partial charge in [-0.05, 0) is 25.0 Å². The van der Waals surface area contributed by atoms with Crippen molar-refractivity contribution in [2.24, 2.45) is 0 Å². The van der Waals surface area contributed by atoms with E-state index in [2.05, 4.69) is 12.5 Å². The third-order valence-corrected chi connectivity index (χ3v) is 1.41. The predicted molar refractivity (Wildman–Crippen MR) is 44.0 cm³/mol. The van der Waals surface area contributed by atoms with Gasteiger partial charge < -0.3 is 9.47 Å². The second-order valence-electron chi connectivity index (χ2n) is 2.28. The third kappa shape index (κ3) is 3.23. The molecule has 0 atom stereocenters. The lowest BCUT2D eigenvalue weighted by atomic mass is 10.2. The maximum Gasteiger partial charge on any atom is 0.115 e. The van der Waals surface area contributed by atoms with Crippen molar-refractivity contribution in [2.75, 3.05) is 20.3 Å². The number of hydrogen-bond donors (Lipinski definition) is 0. The van der Waals surface area contributed by atoms with Crippen LogP contribution >= 0.6 is 0 Å². The summed E-state index contributed by atoms with van der Waals surface area (Å²) in [5.41, 5.74) is 0. The van der Waals surface area contributed by atoms with Crippen molar-refractivity contribution in [3.05, 3.63) is 30.4 Å². The molecule has 2 heteroatoms. The minimum Gasteiger partial charge on any atom is -0.492 e. The van der Waals surface area contributed by atoms with Crippen LogP contribution in [-0.2, 0) is 9.47 Å². The van der Waals surface area contributed by atoms with Crippen molar-refractivity contribution in [1.82, 2.24) is 0 Å². The van der Waals surface area contributed by atoms with Crippen molar-refractivity contribution in [1.29, 1.82) is 0 Å². The first-order valence-corrected chi connectivity index (χ1v) is 3.75. The van der Waals surface area contributed by atoms with Crippen LogP contribution < -0.4 is 0 Å². The lowest BCUT2D eigenvalue weighted by Gasteiger charge is -2.08. The molecule has 0 bridgehead atoms. The number of allylic oxidation sites excluding steroid dienone is 3. The zero-order valence-corrected chi connectivity index (χ0v) is 6.75. The van der Waals surface area contributed by atoms with Crippen molar-refractivity contribution in [2.45, 2.75) is 6.42 Å². The van der Waals surface area contributed by atoms with E-state index in [1.165, 1.54) is 0 Å². The fourth-order valence-electron chi connectivity index (χ4n) is 0.844. The summed E-state index contributed by atoms with van der Waals surface area (Å²) >= 11 is 0. The fraction of sp³-hybridized carbons (Fsp3) is 0.444. The second-order valence-corrected chi connectivity index (χ2v) is 2.28. The Hall–Kier alpha value is -0.760.